The molecule has 8 heteroatoms. The second-order valence-corrected chi connectivity index (χ2v) is 6.47. The molecule has 0 radical (unpaired) electrons. The largest absolute Gasteiger partial charge is 0.467 e. The van der Waals surface area contributed by atoms with Crippen molar-refractivity contribution in [2.24, 2.45) is 0 Å². The van der Waals surface area contributed by atoms with Gasteiger partial charge < -0.3 is 9.30 Å². The topological polar surface area (TPSA) is 90.2 Å². The van der Waals surface area contributed by atoms with E-state index in [0.29, 0.717) is 23.7 Å². The van der Waals surface area contributed by atoms with Crippen LogP contribution in [-0.2, 0) is 6.54 Å². The lowest BCUT2D eigenvalue weighted by Gasteiger charge is -2.13. The van der Waals surface area contributed by atoms with Gasteiger partial charge in [-0.25, -0.2) is 15.0 Å². The van der Waals surface area contributed by atoms with Crippen molar-refractivity contribution in [2.45, 2.75) is 19.4 Å². The van der Waals surface area contributed by atoms with Crippen LogP contribution >= 0.6 is 0 Å². The van der Waals surface area contributed by atoms with Crippen LogP contribution in [0.15, 0.2) is 49.2 Å². The van der Waals surface area contributed by atoms with Gasteiger partial charge in [-0.05, 0) is 25.0 Å². The summed E-state index contributed by atoms with van der Waals surface area (Å²) in [7, 11) is 1.52. The van der Waals surface area contributed by atoms with Crippen molar-refractivity contribution in [3.05, 3.63) is 60.3 Å². The monoisotopic (exact) mass is 377 g/mol. The van der Waals surface area contributed by atoms with Crippen molar-refractivity contribution >= 4 is 11.8 Å². The van der Waals surface area contributed by atoms with Gasteiger partial charge in [0.25, 0.3) is 11.8 Å². The molecule has 3 heterocycles. The van der Waals surface area contributed by atoms with Crippen molar-refractivity contribution in [3.8, 4) is 17.3 Å². The molecule has 8 nitrogen and oxygen atoms in total. The molecule has 1 aliphatic heterocycles. The summed E-state index contributed by atoms with van der Waals surface area (Å²) in [5.41, 5.74) is 2.58. The minimum absolute atomic E-state index is 0.204. The number of imide groups is 1. The lowest BCUT2D eigenvalue weighted by atomic mass is 10.1. The van der Waals surface area contributed by atoms with Gasteiger partial charge in [0.15, 0.2) is 0 Å². The summed E-state index contributed by atoms with van der Waals surface area (Å²) in [4.78, 5) is 38.6. The van der Waals surface area contributed by atoms with E-state index in [1.807, 2.05) is 10.8 Å². The van der Waals surface area contributed by atoms with Crippen LogP contribution in [0, 0.1) is 0 Å². The van der Waals surface area contributed by atoms with Crippen LogP contribution in [-0.4, -0.2) is 49.9 Å². The Morgan fingerprint density at radius 1 is 0.929 bits per heavy atom. The lowest BCUT2D eigenvalue weighted by Crippen LogP contribution is -2.30. The third-order valence-corrected chi connectivity index (χ3v) is 4.67. The number of hydrogen-bond donors (Lipinski definition) is 0. The summed E-state index contributed by atoms with van der Waals surface area (Å²) in [5.74, 6) is -0.407. The summed E-state index contributed by atoms with van der Waals surface area (Å²) in [6.07, 6.45) is 8.56. The molecule has 0 N–H and O–H groups in total. The summed E-state index contributed by atoms with van der Waals surface area (Å²) in [5, 5.41) is 0. The standard InChI is InChI=1S/C20H19N5O3/c1-28-20-21-10-14(11-22-20)17-12-24(13-23-17)8-4-5-9-25-18(26)15-6-2-3-7-16(15)19(25)27/h2-3,6-7,10-13H,4-5,8-9H2,1H3. The van der Waals surface area contributed by atoms with Gasteiger partial charge in [0.2, 0.25) is 0 Å². The maximum absolute atomic E-state index is 12.3. The Bertz CT molecular complexity index is 978. The van der Waals surface area contributed by atoms with E-state index < -0.39 is 0 Å². The molecular formula is C20H19N5O3. The van der Waals surface area contributed by atoms with Crippen molar-refractivity contribution in [1.82, 2.24) is 24.4 Å². The molecule has 2 amide bonds. The number of aromatic nitrogens is 4. The molecule has 0 aliphatic carbocycles. The molecule has 2 aromatic heterocycles. The van der Waals surface area contributed by atoms with Gasteiger partial charge in [-0.3, -0.25) is 14.5 Å². The Morgan fingerprint density at radius 2 is 1.57 bits per heavy atom. The SMILES string of the molecule is COc1ncc(-c2cn(CCCCN3C(=O)c4ccccc4C3=O)cn2)cn1. The number of benzene rings is 1. The molecule has 142 valence electrons. The number of ether oxygens (including phenoxy) is 1. The molecule has 0 atom stereocenters. The highest BCUT2D eigenvalue weighted by atomic mass is 16.5. The van der Waals surface area contributed by atoms with E-state index in [2.05, 4.69) is 15.0 Å². The van der Waals surface area contributed by atoms with Gasteiger partial charge in [-0.2, -0.15) is 0 Å². The number of amides is 2. The van der Waals surface area contributed by atoms with Gasteiger partial charge in [0.05, 0.1) is 30.3 Å². The Hall–Kier alpha value is -3.55. The first-order chi connectivity index (χ1) is 13.7. The predicted molar refractivity (Wildman–Crippen MR) is 101 cm³/mol. The molecule has 0 unspecified atom stereocenters. The highest BCUT2D eigenvalue weighted by molar-refractivity contribution is 6.21. The zero-order valence-corrected chi connectivity index (χ0v) is 15.4. The van der Waals surface area contributed by atoms with Gasteiger partial charge in [-0.15, -0.1) is 0 Å². The first-order valence-electron chi connectivity index (χ1n) is 9.01. The highest BCUT2D eigenvalue weighted by Gasteiger charge is 2.34. The van der Waals surface area contributed by atoms with Crippen LogP contribution in [0.25, 0.3) is 11.3 Å². The van der Waals surface area contributed by atoms with E-state index in [-0.39, 0.29) is 11.8 Å². The second-order valence-electron chi connectivity index (χ2n) is 6.47. The maximum atomic E-state index is 12.3. The number of fused-ring (bicyclic) bond motifs is 1. The zero-order chi connectivity index (χ0) is 19.5. The van der Waals surface area contributed by atoms with E-state index in [0.717, 1.165) is 30.6 Å². The number of carbonyl (C=O) groups is 2. The normalized spacial score (nSPS) is 13.1. The van der Waals surface area contributed by atoms with Crippen LogP contribution in [0.1, 0.15) is 33.6 Å². The van der Waals surface area contributed by atoms with Crippen LogP contribution in [0.2, 0.25) is 0 Å². The van der Waals surface area contributed by atoms with Crippen molar-refractivity contribution in [3.63, 3.8) is 0 Å². The molecule has 3 aromatic rings. The Balaban J connectivity index is 1.30. The fraction of sp³-hybridized carbons (Fsp3) is 0.250. The Kier molecular flexibility index (Phi) is 4.84. The van der Waals surface area contributed by atoms with E-state index >= 15 is 0 Å². The summed E-state index contributed by atoms with van der Waals surface area (Å²) in [6, 6.07) is 7.27. The minimum atomic E-state index is -0.204. The summed E-state index contributed by atoms with van der Waals surface area (Å²) >= 11 is 0. The number of aryl methyl sites for hydroxylation is 1. The van der Waals surface area contributed by atoms with E-state index in [9.17, 15) is 9.59 Å². The van der Waals surface area contributed by atoms with Crippen LogP contribution in [0.3, 0.4) is 0 Å². The van der Waals surface area contributed by atoms with Crippen LogP contribution < -0.4 is 4.74 Å². The predicted octanol–water partition coefficient (Wildman–Crippen LogP) is 2.43. The first kappa shape index (κ1) is 17.8. The smallest absolute Gasteiger partial charge is 0.316 e. The van der Waals surface area contributed by atoms with E-state index in [4.69, 9.17) is 4.74 Å². The zero-order valence-electron chi connectivity index (χ0n) is 15.4. The number of methoxy groups -OCH3 is 1. The fourth-order valence-electron chi connectivity index (χ4n) is 3.19. The second kappa shape index (κ2) is 7.59. The summed E-state index contributed by atoms with van der Waals surface area (Å²) in [6.45, 7) is 1.16. The molecule has 0 spiro atoms. The maximum Gasteiger partial charge on any atom is 0.316 e. The molecule has 28 heavy (non-hydrogen) atoms. The summed E-state index contributed by atoms with van der Waals surface area (Å²) < 4.78 is 6.93. The van der Waals surface area contributed by atoms with Gasteiger partial charge in [0.1, 0.15) is 0 Å². The molecule has 0 saturated heterocycles. The molecule has 0 saturated carbocycles. The Morgan fingerprint density at radius 3 is 2.21 bits per heavy atom. The highest BCUT2D eigenvalue weighted by Crippen LogP contribution is 2.23. The first-order valence-corrected chi connectivity index (χ1v) is 9.01. The molecule has 1 aliphatic rings. The van der Waals surface area contributed by atoms with Gasteiger partial charge in [0, 0.05) is 37.2 Å². The number of hydrogen-bond acceptors (Lipinski definition) is 6. The Labute approximate surface area is 161 Å². The van der Waals surface area contributed by atoms with Gasteiger partial charge >= 0.3 is 6.01 Å². The number of unbranched alkanes of at least 4 members (excludes halogenated alkanes) is 1. The van der Waals surface area contributed by atoms with Crippen LogP contribution in [0.4, 0.5) is 0 Å². The number of nitrogens with zero attached hydrogens (tertiary/aromatic N) is 5. The van der Waals surface area contributed by atoms with Crippen LogP contribution in [0.5, 0.6) is 6.01 Å². The third-order valence-electron chi connectivity index (χ3n) is 4.67. The van der Waals surface area contributed by atoms with Crippen molar-refractivity contribution < 1.29 is 14.3 Å². The fourth-order valence-corrected chi connectivity index (χ4v) is 3.19. The minimum Gasteiger partial charge on any atom is -0.467 e. The van der Waals surface area contributed by atoms with Crippen molar-refractivity contribution in [2.75, 3.05) is 13.7 Å². The van der Waals surface area contributed by atoms with Gasteiger partial charge in [-0.1, -0.05) is 12.1 Å². The molecule has 1 aromatic carbocycles. The molecular weight excluding hydrogens is 358 g/mol. The molecule has 4 rings (SSSR count). The average molecular weight is 377 g/mol. The number of carbonyl (C=O) groups excluding carboxylic acids is 2. The molecule has 0 fully saturated rings. The van der Waals surface area contributed by atoms with Crippen molar-refractivity contribution in [1.29, 1.82) is 0 Å². The number of imidazole rings is 1. The van der Waals surface area contributed by atoms with E-state index in [1.165, 1.54) is 12.0 Å². The number of rotatable bonds is 7. The molecule has 0 bridgehead atoms. The van der Waals surface area contributed by atoms with E-state index in [1.54, 1.807) is 43.0 Å². The third kappa shape index (κ3) is 3.36. The quantitative estimate of drug-likeness (QED) is 0.464. The lowest BCUT2D eigenvalue weighted by molar-refractivity contribution is 0.0651. The average Bonchev–Trinajstić information content (AvgIpc) is 3.30.